The molecule has 1 aliphatic heterocycles. The molecule has 0 radical (unpaired) electrons. The molecule has 120 valence electrons. The largest absolute Gasteiger partial charge is 0.368 e. The molecule has 0 unspecified atom stereocenters. The number of fused-ring (bicyclic) bond motifs is 1. The number of nitrogens with zero attached hydrogens (tertiary/aromatic N) is 3. The number of pyridine rings is 1. The van der Waals surface area contributed by atoms with Gasteiger partial charge in [0.05, 0.1) is 17.9 Å². The summed E-state index contributed by atoms with van der Waals surface area (Å²) in [5.74, 6) is 0.0111. The van der Waals surface area contributed by atoms with Gasteiger partial charge < -0.3 is 10.1 Å². The van der Waals surface area contributed by atoms with Crippen molar-refractivity contribution in [3.8, 4) is 5.69 Å². The van der Waals surface area contributed by atoms with E-state index in [9.17, 15) is 4.79 Å². The Bertz CT molecular complexity index is 692. The third-order valence-electron chi connectivity index (χ3n) is 4.63. The topological polar surface area (TPSA) is 69.0 Å². The fourth-order valence-electron chi connectivity index (χ4n) is 3.46. The van der Waals surface area contributed by atoms with E-state index in [2.05, 4.69) is 15.4 Å². The van der Waals surface area contributed by atoms with E-state index >= 15 is 0 Å². The Hall–Kier alpha value is -2.21. The van der Waals surface area contributed by atoms with E-state index in [1.165, 1.54) is 5.69 Å². The van der Waals surface area contributed by atoms with Crippen molar-refractivity contribution in [3.63, 3.8) is 0 Å². The van der Waals surface area contributed by atoms with Gasteiger partial charge in [-0.15, -0.1) is 0 Å². The third kappa shape index (κ3) is 2.74. The first kappa shape index (κ1) is 14.4. The smallest absolute Gasteiger partial charge is 0.249 e. The monoisotopic (exact) mass is 312 g/mol. The lowest BCUT2D eigenvalue weighted by Gasteiger charge is -2.25. The van der Waals surface area contributed by atoms with Crippen molar-refractivity contribution in [1.29, 1.82) is 0 Å². The van der Waals surface area contributed by atoms with Crippen LogP contribution < -0.4 is 5.32 Å². The van der Waals surface area contributed by atoms with E-state index in [1.54, 1.807) is 12.4 Å². The summed E-state index contributed by atoms with van der Waals surface area (Å²) in [5, 5.41) is 7.68. The zero-order valence-corrected chi connectivity index (χ0v) is 12.9. The molecular weight excluding hydrogens is 292 g/mol. The lowest BCUT2D eigenvalue weighted by molar-refractivity contribution is -0.130. The minimum Gasteiger partial charge on any atom is -0.368 e. The number of hydrogen-bond acceptors (Lipinski definition) is 4. The fourth-order valence-corrected chi connectivity index (χ4v) is 3.46. The van der Waals surface area contributed by atoms with Crippen LogP contribution in [0.2, 0.25) is 0 Å². The second-order valence-electron chi connectivity index (χ2n) is 6.12. The summed E-state index contributed by atoms with van der Waals surface area (Å²) in [6.45, 7) is 0.688. The number of nitrogens with one attached hydrogen (secondary N) is 1. The van der Waals surface area contributed by atoms with E-state index < -0.39 is 0 Å². The number of rotatable bonds is 3. The highest BCUT2D eigenvalue weighted by Gasteiger charge is 2.30. The predicted molar refractivity (Wildman–Crippen MR) is 84.2 cm³/mol. The van der Waals surface area contributed by atoms with E-state index in [0.717, 1.165) is 43.4 Å². The molecule has 6 heteroatoms. The van der Waals surface area contributed by atoms with Gasteiger partial charge in [0.1, 0.15) is 6.10 Å². The van der Waals surface area contributed by atoms with Crippen LogP contribution in [-0.4, -0.2) is 33.4 Å². The molecule has 2 aromatic heterocycles. The quantitative estimate of drug-likeness (QED) is 0.940. The molecule has 0 bridgehead atoms. The second-order valence-corrected chi connectivity index (χ2v) is 6.12. The van der Waals surface area contributed by atoms with Crippen LogP contribution in [0.15, 0.2) is 30.7 Å². The van der Waals surface area contributed by atoms with E-state index in [4.69, 9.17) is 4.74 Å². The Morgan fingerprint density at radius 3 is 2.91 bits per heavy atom. The molecule has 2 aromatic rings. The zero-order chi connectivity index (χ0) is 15.6. The van der Waals surface area contributed by atoms with Crippen LogP contribution in [0.1, 0.15) is 43.0 Å². The summed E-state index contributed by atoms with van der Waals surface area (Å²) >= 11 is 0. The fraction of sp³-hybridized carbons (Fsp3) is 0.471. The molecule has 0 spiro atoms. The van der Waals surface area contributed by atoms with Gasteiger partial charge in [-0.2, -0.15) is 5.10 Å². The van der Waals surface area contributed by atoms with Crippen molar-refractivity contribution < 1.29 is 9.53 Å². The van der Waals surface area contributed by atoms with Crippen LogP contribution in [0.4, 0.5) is 0 Å². The number of hydrogen-bond donors (Lipinski definition) is 1. The highest BCUT2D eigenvalue weighted by Crippen LogP contribution is 2.31. The van der Waals surface area contributed by atoms with Gasteiger partial charge >= 0.3 is 0 Å². The molecule has 3 heterocycles. The summed E-state index contributed by atoms with van der Waals surface area (Å²) in [4.78, 5) is 16.4. The lowest BCUT2D eigenvalue weighted by atomic mass is 9.92. The van der Waals surface area contributed by atoms with Crippen LogP contribution >= 0.6 is 0 Å². The molecule has 2 atom stereocenters. The zero-order valence-electron chi connectivity index (χ0n) is 12.9. The SMILES string of the molecule is O=C(N[C@@H]1CCCc2c1cnn2-c1ccncc1)[C@@H]1CCCO1. The molecule has 0 saturated carbocycles. The Morgan fingerprint density at radius 2 is 2.13 bits per heavy atom. The van der Waals surface area contributed by atoms with Gasteiger partial charge in [0, 0.05) is 30.3 Å². The molecule has 4 rings (SSSR count). The Balaban J connectivity index is 1.57. The lowest BCUT2D eigenvalue weighted by Crippen LogP contribution is -2.38. The van der Waals surface area contributed by atoms with Crippen LogP contribution in [0.5, 0.6) is 0 Å². The van der Waals surface area contributed by atoms with Gasteiger partial charge in [-0.05, 0) is 44.2 Å². The minimum atomic E-state index is -0.282. The van der Waals surface area contributed by atoms with Gasteiger partial charge in [0.15, 0.2) is 0 Å². The summed E-state index contributed by atoms with van der Waals surface area (Å²) in [7, 11) is 0. The maximum absolute atomic E-state index is 12.3. The second kappa shape index (κ2) is 6.12. The molecule has 0 aromatic carbocycles. The summed E-state index contributed by atoms with van der Waals surface area (Å²) in [6, 6.07) is 3.93. The van der Waals surface area contributed by atoms with E-state index in [-0.39, 0.29) is 18.1 Å². The first-order valence-corrected chi connectivity index (χ1v) is 8.22. The number of aromatic nitrogens is 3. The first-order chi connectivity index (χ1) is 11.3. The summed E-state index contributed by atoms with van der Waals surface area (Å²) < 4.78 is 7.44. The molecule has 2 aliphatic rings. The minimum absolute atomic E-state index is 0.0111. The van der Waals surface area contributed by atoms with Crippen molar-refractivity contribution in [2.75, 3.05) is 6.61 Å². The predicted octanol–water partition coefficient (Wildman–Crippen LogP) is 1.94. The maximum atomic E-state index is 12.3. The summed E-state index contributed by atoms with van der Waals surface area (Å²) in [6.07, 6.45) is 9.89. The van der Waals surface area contributed by atoms with Gasteiger partial charge in [0.25, 0.3) is 0 Å². The van der Waals surface area contributed by atoms with Crippen LogP contribution in [0.25, 0.3) is 5.69 Å². The maximum Gasteiger partial charge on any atom is 0.249 e. The average molecular weight is 312 g/mol. The summed E-state index contributed by atoms with van der Waals surface area (Å²) in [5.41, 5.74) is 3.31. The van der Waals surface area contributed by atoms with Gasteiger partial charge in [-0.25, -0.2) is 4.68 Å². The standard InChI is InChI=1S/C17H20N4O2/c22-17(16-5-2-10-23-16)20-14-3-1-4-15-13(14)11-19-21(15)12-6-8-18-9-7-12/h6-9,11,14,16H,1-5,10H2,(H,20,22)/t14-,16+/m1/s1. The molecule has 23 heavy (non-hydrogen) atoms. The van der Waals surface area contributed by atoms with Crippen LogP contribution in [0, 0.1) is 0 Å². The highest BCUT2D eigenvalue weighted by molar-refractivity contribution is 5.81. The number of amides is 1. The normalized spacial score (nSPS) is 23.5. The van der Waals surface area contributed by atoms with E-state index in [0.29, 0.717) is 6.61 Å². The Kier molecular flexibility index (Phi) is 3.83. The molecule has 1 fully saturated rings. The van der Waals surface area contributed by atoms with Gasteiger partial charge in [0.2, 0.25) is 5.91 Å². The molecule has 6 nitrogen and oxygen atoms in total. The third-order valence-corrected chi connectivity index (χ3v) is 4.63. The van der Waals surface area contributed by atoms with Crippen molar-refractivity contribution in [2.45, 2.75) is 44.2 Å². The molecule has 1 N–H and O–H groups in total. The first-order valence-electron chi connectivity index (χ1n) is 8.22. The number of ether oxygens (including phenoxy) is 1. The van der Waals surface area contributed by atoms with Crippen LogP contribution in [0.3, 0.4) is 0 Å². The number of carbonyl (C=O) groups is 1. The Labute approximate surface area is 134 Å². The number of carbonyl (C=O) groups excluding carboxylic acids is 1. The van der Waals surface area contributed by atoms with Crippen LogP contribution in [-0.2, 0) is 16.0 Å². The van der Waals surface area contributed by atoms with Crippen molar-refractivity contribution >= 4 is 5.91 Å². The van der Waals surface area contributed by atoms with Gasteiger partial charge in [-0.3, -0.25) is 9.78 Å². The van der Waals surface area contributed by atoms with Crippen molar-refractivity contribution in [3.05, 3.63) is 42.0 Å². The van der Waals surface area contributed by atoms with E-state index in [1.807, 2.05) is 23.0 Å². The van der Waals surface area contributed by atoms with Crippen molar-refractivity contribution in [2.24, 2.45) is 0 Å². The van der Waals surface area contributed by atoms with Gasteiger partial charge in [-0.1, -0.05) is 0 Å². The Morgan fingerprint density at radius 1 is 1.26 bits per heavy atom. The molecule has 1 aliphatic carbocycles. The average Bonchev–Trinajstić information content (AvgIpc) is 3.26. The molecule has 1 amide bonds. The molecular formula is C17H20N4O2. The van der Waals surface area contributed by atoms with Crippen molar-refractivity contribution in [1.82, 2.24) is 20.1 Å². The molecule has 1 saturated heterocycles. The highest BCUT2D eigenvalue weighted by atomic mass is 16.5.